The van der Waals surface area contributed by atoms with Gasteiger partial charge in [-0.1, -0.05) is 0 Å². The summed E-state index contributed by atoms with van der Waals surface area (Å²) in [4.78, 5) is 38.0. The molecule has 28 heavy (non-hydrogen) atoms. The number of methoxy groups -OCH3 is 2. The minimum absolute atomic E-state index is 0.141. The number of hydrogen-bond donors (Lipinski definition) is 2. The molecule has 146 valence electrons. The number of imide groups is 1. The second kappa shape index (κ2) is 8.05. The fourth-order valence-corrected chi connectivity index (χ4v) is 2.77. The third-order valence-corrected chi connectivity index (χ3v) is 4.21. The third kappa shape index (κ3) is 3.94. The number of ether oxygens (including phenoxy) is 2. The van der Waals surface area contributed by atoms with E-state index < -0.39 is 29.6 Å². The van der Waals surface area contributed by atoms with Gasteiger partial charge in [-0.2, -0.15) is 0 Å². The summed E-state index contributed by atoms with van der Waals surface area (Å²) >= 11 is 0. The third-order valence-electron chi connectivity index (χ3n) is 4.21. The summed E-state index contributed by atoms with van der Waals surface area (Å²) in [6.45, 7) is 0. The number of anilines is 1. The van der Waals surface area contributed by atoms with Gasteiger partial charge in [-0.25, -0.2) is 14.7 Å². The van der Waals surface area contributed by atoms with Crippen LogP contribution in [0.15, 0.2) is 42.5 Å². The van der Waals surface area contributed by atoms with Crippen LogP contribution in [0.5, 0.6) is 11.5 Å². The number of halogens is 1. The largest absolute Gasteiger partial charge is 0.497 e. The molecule has 1 aliphatic heterocycles. The van der Waals surface area contributed by atoms with Crippen molar-refractivity contribution >= 4 is 23.4 Å². The molecule has 3 rings (SSSR count). The topological polar surface area (TPSA) is 97.0 Å². The van der Waals surface area contributed by atoms with Crippen molar-refractivity contribution in [2.75, 3.05) is 19.1 Å². The quantitative estimate of drug-likeness (QED) is 0.575. The van der Waals surface area contributed by atoms with Gasteiger partial charge in [0.05, 0.1) is 26.3 Å². The fourth-order valence-electron chi connectivity index (χ4n) is 2.77. The maximum atomic E-state index is 13.1. The molecule has 0 unspecified atom stereocenters. The first-order valence-corrected chi connectivity index (χ1v) is 8.34. The summed E-state index contributed by atoms with van der Waals surface area (Å²) in [5, 5.41) is 0. The number of hydrogen-bond acceptors (Lipinski definition) is 6. The van der Waals surface area contributed by atoms with Crippen LogP contribution < -0.4 is 25.2 Å². The van der Waals surface area contributed by atoms with Crippen LogP contribution in [-0.4, -0.2) is 38.0 Å². The highest BCUT2D eigenvalue weighted by Gasteiger charge is 2.39. The summed E-state index contributed by atoms with van der Waals surface area (Å²) in [6.07, 6.45) is -0.141. The van der Waals surface area contributed by atoms with Gasteiger partial charge in [0.1, 0.15) is 23.4 Å². The van der Waals surface area contributed by atoms with E-state index in [1.165, 1.54) is 38.5 Å². The summed E-state index contributed by atoms with van der Waals surface area (Å²) in [7, 11) is 2.92. The van der Waals surface area contributed by atoms with Gasteiger partial charge in [0, 0.05) is 11.6 Å². The van der Waals surface area contributed by atoms with Crippen molar-refractivity contribution in [1.29, 1.82) is 0 Å². The van der Waals surface area contributed by atoms with Gasteiger partial charge in [0.2, 0.25) is 5.91 Å². The lowest BCUT2D eigenvalue weighted by molar-refractivity contribution is -0.121. The Kier molecular flexibility index (Phi) is 5.55. The molecule has 1 heterocycles. The second-order valence-corrected chi connectivity index (χ2v) is 6.00. The van der Waals surface area contributed by atoms with Crippen LogP contribution in [0.25, 0.3) is 0 Å². The number of rotatable bonds is 6. The van der Waals surface area contributed by atoms with Crippen LogP contribution in [-0.2, 0) is 9.59 Å². The lowest BCUT2D eigenvalue weighted by Crippen LogP contribution is -2.48. The molecule has 2 aromatic rings. The zero-order valence-electron chi connectivity index (χ0n) is 15.2. The predicted octanol–water partition coefficient (Wildman–Crippen LogP) is 1.41. The van der Waals surface area contributed by atoms with Crippen LogP contribution in [0, 0.1) is 5.82 Å². The van der Waals surface area contributed by atoms with Gasteiger partial charge in [0.25, 0.3) is 11.8 Å². The molecule has 1 saturated heterocycles. The first-order chi connectivity index (χ1) is 13.4. The lowest BCUT2D eigenvalue weighted by atomic mass is 10.2. The number of amides is 3. The predicted molar refractivity (Wildman–Crippen MR) is 97.4 cm³/mol. The van der Waals surface area contributed by atoms with Crippen molar-refractivity contribution in [2.24, 2.45) is 0 Å². The van der Waals surface area contributed by atoms with Crippen LogP contribution >= 0.6 is 0 Å². The summed E-state index contributed by atoms with van der Waals surface area (Å²) in [5.41, 5.74) is 5.51. The van der Waals surface area contributed by atoms with E-state index in [2.05, 4.69) is 10.9 Å². The van der Waals surface area contributed by atoms with Crippen molar-refractivity contribution in [3.05, 3.63) is 53.8 Å². The van der Waals surface area contributed by atoms with Gasteiger partial charge in [0.15, 0.2) is 0 Å². The number of carbonyl (C=O) groups is 3. The molecule has 9 heteroatoms. The van der Waals surface area contributed by atoms with E-state index in [4.69, 9.17) is 9.47 Å². The van der Waals surface area contributed by atoms with Crippen molar-refractivity contribution in [2.45, 2.75) is 12.5 Å². The smallest absolute Gasteiger partial charge is 0.265 e. The van der Waals surface area contributed by atoms with Crippen molar-refractivity contribution in [1.82, 2.24) is 10.9 Å². The molecule has 1 atom stereocenters. The molecular weight excluding hydrogens is 369 g/mol. The number of hydrazine groups is 1. The molecule has 8 nitrogen and oxygen atoms in total. The van der Waals surface area contributed by atoms with Gasteiger partial charge in [-0.05, 0) is 36.4 Å². The van der Waals surface area contributed by atoms with Crippen molar-refractivity contribution < 1.29 is 28.2 Å². The second-order valence-electron chi connectivity index (χ2n) is 6.00. The standard InChI is InChI=1S/C19H18FN3O5/c1-27-14-7-11(8-15(9-14)28-2)18(25)22-21-16-10-17(24)23(19(16)26)13-5-3-12(20)4-6-13/h3-9,16,21H,10H2,1-2H3,(H,22,25)/t16-/m1/s1. The molecule has 1 fully saturated rings. The maximum Gasteiger partial charge on any atom is 0.265 e. The van der Waals surface area contributed by atoms with Crippen molar-refractivity contribution in [3.63, 3.8) is 0 Å². The molecule has 0 aromatic heterocycles. The van der Waals surface area contributed by atoms with Gasteiger partial charge < -0.3 is 9.47 Å². The number of nitrogens with one attached hydrogen (secondary N) is 2. The Balaban J connectivity index is 1.68. The van der Waals surface area contributed by atoms with E-state index >= 15 is 0 Å². The van der Waals surface area contributed by atoms with Crippen LogP contribution in [0.4, 0.5) is 10.1 Å². The van der Waals surface area contributed by atoms with E-state index in [0.29, 0.717) is 11.5 Å². The highest BCUT2D eigenvalue weighted by atomic mass is 19.1. The van der Waals surface area contributed by atoms with Crippen LogP contribution in [0.1, 0.15) is 16.8 Å². The molecule has 0 spiro atoms. The van der Waals surface area contributed by atoms with E-state index in [1.807, 2.05) is 0 Å². The molecule has 0 bridgehead atoms. The Morgan fingerprint density at radius 1 is 1.07 bits per heavy atom. The minimum Gasteiger partial charge on any atom is -0.497 e. The van der Waals surface area contributed by atoms with Gasteiger partial charge >= 0.3 is 0 Å². The molecule has 1 aliphatic rings. The highest BCUT2D eigenvalue weighted by Crippen LogP contribution is 2.24. The molecule has 0 radical (unpaired) electrons. The molecule has 0 aliphatic carbocycles. The normalized spacial score (nSPS) is 16.2. The molecule has 2 aromatic carbocycles. The molecule has 0 saturated carbocycles. The fraction of sp³-hybridized carbons (Fsp3) is 0.211. The van der Waals surface area contributed by atoms with E-state index in [1.54, 1.807) is 6.07 Å². The van der Waals surface area contributed by atoms with Crippen molar-refractivity contribution in [3.8, 4) is 11.5 Å². The Morgan fingerprint density at radius 3 is 2.25 bits per heavy atom. The van der Waals surface area contributed by atoms with E-state index in [-0.39, 0.29) is 17.7 Å². The van der Waals surface area contributed by atoms with Crippen LogP contribution in [0.2, 0.25) is 0 Å². The zero-order valence-corrected chi connectivity index (χ0v) is 15.2. The lowest BCUT2D eigenvalue weighted by Gasteiger charge is -2.16. The monoisotopic (exact) mass is 387 g/mol. The van der Waals surface area contributed by atoms with Gasteiger partial charge in [-0.3, -0.25) is 19.8 Å². The summed E-state index contributed by atoms with van der Waals surface area (Å²) < 4.78 is 23.3. The summed E-state index contributed by atoms with van der Waals surface area (Å²) in [5.74, 6) is -1.14. The average molecular weight is 387 g/mol. The Labute approximate surface area is 160 Å². The van der Waals surface area contributed by atoms with E-state index in [9.17, 15) is 18.8 Å². The Bertz CT molecular complexity index is 894. The first-order valence-electron chi connectivity index (χ1n) is 8.34. The van der Waals surface area contributed by atoms with E-state index in [0.717, 1.165) is 17.0 Å². The number of nitrogens with zero attached hydrogens (tertiary/aromatic N) is 1. The number of carbonyl (C=O) groups excluding carboxylic acids is 3. The highest BCUT2D eigenvalue weighted by molar-refractivity contribution is 6.22. The zero-order chi connectivity index (χ0) is 20.3. The summed E-state index contributed by atoms with van der Waals surface area (Å²) in [6, 6.07) is 8.70. The number of benzene rings is 2. The van der Waals surface area contributed by atoms with Gasteiger partial charge in [-0.15, -0.1) is 0 Å². The Morgan fingerprint density at radius 2 is 1.68 bits per heavy atom. The SMILES string of the molecule is COc1cc(OC)cc(C(=O)NN[C@@H]2CC(=O)N(c3ccc(F)cc3)C2=O)c1. The average Bonchev–Trinajstić information content (AvgIpc) is 2.99. The Hall–Kier alpha value is -3.46. The molecule has 2 N–H and O–H groups in total. The molecular formula is C19H18FN3O5. The minimum atomic E-state index is -0.936. The first kappa shape index (κ1) is 19.3. The maximum absolute atomic E-state index is 13.1. The van der Waals surface area contributed by atoms with Crippen LogP contribution in [0.3, 0.4) is 0 Å². The molecule has 3 amide bonds.